The Bertz CT molecular complexity index is 1430. The van der Waals surface area contributed by atoms with Gasteiger partial charge in [0, 0.05) is 60.9 Å². The van der Waals surface area contributed by atoms with Crippen molar-refractivity contribution in [3.63, 3.8) is 0 Å². The molecule has 0 bridgehead atoms. The molecule has 49 heavy (non-hydrogen) atoms. The van der Waals surface area contributed by atoms with Crippen LogP contribution in [0.4, 0.5) is 0 Å². The zero-order valence-corrected chi connectivity index (χ0v) is 30.4. The van der Waals surface area contributed by atoms with Gasteiger partial charge in [0.15, 0.2) is 5.92 Å². The van der Waals surface area contributed by atoms with Crippen molar-refractivity contribution in [3.8, 4) is 0 Å². The summed E-state index contributed by atoms with van der Waals surface area (Å²) in [5, 5.41) is 10.1. The SMILES string of the molecule is CC1(C)CC(OC(=O)c2ccccc2)CC(C)(C)N1CCOC(=O)C(CCN1C(C)(C)CC(OC(=O)c2ccccc2)CC1(C)C)C(=O)O. The molecule has 2 heterocycles. The van der Waals surface area contributed by atoms with E-state index in [0.29, 0.717) is 49.9 Å². The van der Waals surface area contributed by atoms with Crippen molar-refractivity contribution >= 4 is 23.9 Å². The molecule has 1 N–H and O–H groups in total. The fraction of sp³-hybridized carbons (Fsp3) is 0.590. The first-order chi connectivity index (χ1) is 22.8. The Morgan fingerprint density at radius 3 is 1.39 bits per heavy atom. The summed E-state index contributed by atoms with van der Waals surface area (Å²) in [6, 6.07) is 17.9. The standard InChI is InChI=1S/C39H54N2O8/c1-36(2)23-29(48-33(44)27-15-11-9-12-16-27)24-37(3,4)40(36)20-19-31(32(42)43)35(46)47-22-21-41-38(5,6)25-30(26-39(41,7)8)49-34(45)28-17-13-10-14-18-28/h9-18,29-31H,19-26H2,1-8H3,(H,42,43). The Labute approximate surface area is 291 Å². The van der Waals surface area contributed by atoms with E-state index < -0.39 is 28.9 Å². The maximum absolute atomic E-state index is 13.2. The summed E-state index contributed by atoms with van der Waals surface area (Å²) in [4.78, 5) is 55.5. The molecule has 10 nitrogen and oxygen atoms in total. The van der Waals surface area contributed by atoms with Gasteiger partial charge in [0.2, 0.25) is 0 Å². The quantitative estimate of drug-likeness (QED) is 0.154. The van der Waals surface area contributed by atoms with Crippen LogP contribution in [-0.2, 0) is 23.8 Å². The first-order valence-electron chi connectivity index (χ1n) is 17.3. The number of hydrogen-bond acceptors (Lipinski definition) is 9. The van der Waals surface area contributed by atoms with Crippen LogP contribution in [0.15, 0.2) is 60.7 Å². The van der Waals surface area contributed by atoms with E-state index in [4.69, 9.17) is 14.2 Å². The molecule has 0 radical (unpaired) electrons. The number of carbonyl (C=O) groups excluding carboxylic acids is 3. The number of ether oxygens (including phenoxy) is 3. The van der Waals surface area contributed by atoms with Crippen LogP contribution < -0.4 is 0 Å². The Morgan fingerprint density at radius 1 is 0.653 bits per heavy atom. The van der Waals surface area contributed by atoms with Crippen LogP contribution in [-0.4, -0.2) is 92.8 Å². The molecule has 0 amide bonds. The monoisotopic (exact) mass is 678 g/mol. The summed E-state index contributed by atoms with van der Waals surface area (Å²) in [6.45, 7) is 17.3. The van der Waals surface area contributed by atoms with Gasteiger partial charge in [-0.25, -0.2) is 9.59 Å². The lowest BCUT2D eigenvalue weighted by atomic mass is 9.77. The molecule has 2 aliphatic rings. The number of aliphatic carboxylic acids is 1. The zero-order valence-electron chi connectivity index (χ0n) is 30.4. The number of nitrogens with zero attached hydrogens (tertiary/aromatic N) is 2. The molecule has 0 saturated carbocycles. The van der Waals surface area contributed by atoms with Crippen molar-refractivity contribution in [1.82, 2.24) is 9.80 Å². The summed E-state index contributed by atoms with van der Waals surface area (Å²) in [6.07, 6.45) is 1.87. The van der Waals surface area contributed by atoms with Gasteiger partial charge in [-0.15, -0.1) is 0 Å². The van der Waals surface area contributed by atoms with Gasteiger partial charge in [-0.1, -0.05) is 36.4 Å². The highest BCUT2D eigenvalue weighted by molar-refractivity contribution is 5.94. The Balaban J connectivity index is 1.31. The van der Waals surface area contributed by atoms with Crippen LogP contribution in [0.5, 0.6) is 0 Å². The zero-order chi connectivity index (χ0) is 36.2. The lowest BCUT2D eigenvalue weighted by molar-refractivity contribution is -0.162. The van der Waals surface area contributed by atoms with E-state index in [2.05, 4.69) is 65.2 Å². The number of esters is 3. The largest absolute Gasteiger partial charge is 0.481 e. The fourth-order valence-corrected chi connectivity index (χ4v) is 8.36. The molecule has 1 unspecified atom stereocenters. The first-order valence-corrected chi connectivity index (χ1v) is 17.3. The van der Waals surface area contributed by atoms with Crippen LogP contribution in [0.3, 0.4) is 0 Å². The second-order valence-corrected chi connectivity index (χ2v) is 16.0. The third-order valence-electron chi connectivity index (χ3n) is 10.2. The van der Waals surface area contributed by atoms with Gasteiger partial charge in [0.25, 0.3) is 0 Å². The van der Waals surface area contributed by atoms with E-state index in [1.807, 2.05) is 12.1 Å². The van der Waals surface area contributed by atoms with Crippen LogP contribution in [0.1, 0.15) is 108 Å². The molecule has 2 aromatic rings. The highest BCUT2D eigenvalue weighted by Gasteiger charge is 2.48. The molecular formula is C39H54N2O8. The first kappa shape index (κ1) is 38.0. The van der Waals surface area contributed by atoms with Crippen molar-refractivity contribution in [2.75, 3.05) is 19.7 Å². The summed E-state index contributed by atoms with van der Waals surface area (Å²) in [5.74, 6) is -3.99. The van der Waals surface area contributed by atoms with Crippen molar-refractivity contribution in [2.45, 2.75) is 122 Å². The number of hydrogen-bond donors (Lipinski definition) is 1. The van der Waals surface area contributed by atoms with Gasteiger partial charge < -0.3 is 19.3 Å². The Hall–Kier alpha value is -3.76. The van der Waals surface area contributed by atoms with Crippen LogP contribution >= 0.6 is 0 Å². The fourth-order valence-electron chi connectivity index (χ4n) is 8.36. The highest BCUT2D eigenvalue weighted by atomic mass is 16.6. The molecule has 10 heteroatoms. The van der Waals surface area contributed by atoms with Crippen LogP contribution in [0.2, 0.25) is 0 Å². The smallest absolute Gasteiger partial charge is 0.338 e. The summed E-state index contributed by atoms with van der Waals surface area (Å²) >= 11 is 0. The molecule has 2 saturated heterocycles. The number of carbonyl (C=O) groups is 4. The van der Waals surface area contributed by atoms with Gasteiger partial charge >= 0.3 is 23.9 Å². The van der Waals surface area contributed by atoms with Crippen LogP contribution in [0.25, 0.3) is 0 Å². The second kappa shape index (κ2) is 15.0. The predicted molar refractivity (Wildman–Crippen MR) is 186 cm³/mol. The number of likely N-dealkylation sites (tertiary alicyclic amines) is 2. The van der Waals surface area contributed by atoms with E-state index in [9.17, 15) is 24.3 Å². The molecule has 2 fully saturated rings. The minimum atomic E-state index is -1.32. The average Bonchev–Trinajstić information content (AvgIpc) is 2.99. The third kappa shape index (κ3) is 9.48. The molecule has 0 spiro atoms. The van der Waals surface area contributed by atoms with E-state index in [-0.39, 0.29) is 48.3 Å². The van der Waals surface area contributed by atoms with Gasteiger partial charge in [-0.2, -0.15) is 0 Å². The van der Waals surface area contributed by atoms with Gasteiger partial charge in [-0.05, 0) is 86.1 Å². The molecule has 1 atom stereocenters. The predicted octanol–water partition coefficient (Wildman–Crippen LogP) is 6.38. The van der Waals surface area contributed by atoms with E-state index >= 15 is 0 Å². The number of rotatable bonds is 12. The maximum atomic E-state index is 13.2. The van der Waals surface area contributed by atoms with E-state index in [0.717, 1.165) is 0 Å². The van der Waals surface area contributed by atoms with Crippen molar-refractivity contribution in [2.24, 2.45) is 5.92 Å². The molecule has 2 aliphatic heterocycles. The molecule has 2 aromatic carbocycles. The minimum Gasteiger partial charge on any atom is -0.481 e. The maximum Gasteiger partial charge on any atom is 0.338 e. The Morgan fingerprint density at radius 2 is 1.02 bits per heavy atom. The van der Waals surface area contributed by atoms with E-state index in [1.54, 1.807) is 48.5 Å². The number of carboxylic acid groups (broad SMARTS) is 1. The van der Waals surface area contributed by atoms with Crippen LogP contribution in [0, 0.1) is 5.92 Å². The van der Waals surface area contributed by atoms with Gasteiger partial charge in [-0.3, -0.25) is 19.4 Å². The van der Waals surface area contributed by atoms with Gasteiger partial charge in [0.05, 0.1) is 11.1 Å². The summed E-state index contributed by atoms with van der Waals surface area (Å²) in [5.41, 5.74) is -0.573. The number of piperidine rings is 2. The Kier molecular flexibility index (Phi) is 11.7. The molecule has 0 aliphatic carbocycles. The number of benzene rings is 2. The third-order valence-corrected chi connectivity index (χ3v) is 10.2. The average molecular weight is 679 g/mol. The molecule has 0 aromatic heterocycles. The van der Waals surface area contributed by atoms with Crippen molar-refractivity contribution in [1.29, 1.82) is 0 Å². The lowest BCUT2D eigenvalue weighted by Crippen LogP contribution is -2.63. The minimum absolute atomic E-state index is 0.0408. The number of carboxylic acids is 1. The summed E-state index contributed by atoms with van der Waals surface area (Å²) < 4.78 is 17.4. The molecule has 4 rings (SSSR count). The highest BCUT2D eigenvalue weighted by Crippen LogP contribution is 2.41. The second-order valence-electron chi connectivity index (χ2n) is 16.0. The normalized spacial score (nSPS) is 21.3. The molecule has 268 valence electrons. The van der Waals surface area contributed by atoms with Crippen molar-refractivity contribution < 1.29 is 38.5 Å². The molecular weight excluding hydrogens is 624 g/mol. The van der Waals surface area contributed by atoms with Gasteiger partial charge in [0.1, 0.15) is 18.8 Å². The van der Waals surface area contributed by atoms with E-state index in [1.165, 1.54) is 0 Å². The summed E-state index contributed by atoms with van der Waals surface area (Å²) in [7, 11) is 0. The van der Waals surface area contributed by atoms with Crippen molar-refractivity contribution in [3.05, 3.63) is 71.8 Å². The topological polar surface area (TPSA) is 123 Å². The lowest BCUT2D eigenvalue weighted by Gasteiger charge is -2.55.